The number of nitrogens with zero attached hydrogens (tertiary/aromatic N) is 2. The summed E-state index contributed by atoms with van der Waals surface area (Å²) in [5.74, 6) is -0.896. The minimum Gasteiger partial charge on any atom is -0.360 e. The molecule has 0 unspecified atom stereocenters. The van der Waals surface area contributed by atoms with E-state index in [0.29, 0.717) is 23.7 Å². The van der Waals surface area contributed by atoms with Crippen molar-refractivity contribution in [1.29, 1.82) is 0 Å². The number of H-pyrrole nitrogens is 1. The molecule has 0 spiro atoms. The Morgan fingerprint density at radius 1 is 1.19 bits per heavy atom. The average Bonchev–Trinajstić information content (AvgIpc) is 2.89. The summed E-state index contributed by atoms with van der Waals surface area (Å²) in [4.78, 5) is 31.5. The van der Waals surface area contributed by atoms with Gasteiger partial charge < -0.3 is 14.8 Å². The smallest absolute Gasteiger partial charge is 0.295 e. The standard InChI is InChI=1S/C15H16ClN3O2/c1-18-4-6-19(7-5-18)15(21)14(20)12-9-17-13-8-10(16)2-3-11(12)13/h2-3,8-9,17H,4-7H2,1H3. The number of hydrogen-bond acceptors (Lipinski definition) is 3. The number of nitrogens with one attached hydrogen (secondary N) is 1. The molecule has 6 heteroatoms. The molecule has 1 aromatic heterocycles. The Balaban J connectivity index is 1.85. The summed E-state index contributed by atoms with van der Waals surface area (Å²) >= 11 is 5.92. The maximum atomic E-state index is 12.4. The highest BCUT2D eigenvalue weighted by Crippen LogP contribution is 2.23. The summed E-state index contributed by atoms with van der Waals surface area (Å²) in [6, 6.07) is 5.22. The predicted molar refractivity (Wildman–Crippen MR) is 81.7 cm³/mol. The number of rotatable bonds is 2. The zero-order valence-corrected chi connectivity index (χ0v) is 12.5. The number of likely N-dealkylation sites (N-methyl/N-ethyl adjacent to an activating group) is 1. The average molecular weight is 306 g/mol. The molecule has 0 aliphatic carbocycles. The Bertz CT molecular complexity index is 702. The molecule has 2 heterocycles. The maximum absolute atomic E-state index is 12.4. The molecular formula is C15H16ClN3O2. The molecule has 1 aromatic carbocycles. The fourth-order valence-corrected chi connectivity index (χ4v) is 2.73. The van der Waals surface area contributed by atoms with Crippen molar-refractivity contribution in [2.75, 3.05) is 33.2 Å². The van der Waals surface area contributed by atoms with Gasteiger partial charge in [-0.2, -0.15) is 0 Å². The summed E-state index contributed by atoms with van der Waals surface area (Å²) in [5.41, 5.74) is 1.17. The number of hydrogen-bond donors (Lipinski definition) is 1. The molecule has 1 amide bonds. The Morgan fingerprint density at radius 3 is 2.62 bits per heavy atom. The van der Waals surface area contributed by atoms with E-state index in [1.165, 1.54) is 0 Å². The van der Waals surface area contributed by atoms with Crippen molar-refractivity contribution >= 4 is 34.2 Å². The van der Waals surface area contributed by atoms with Crippen LogP contribution in [0, 0.1) is 0 Å². The molecule has 1 saturated heterocycles. The van der Waals surface area contributed by atoms with E-state index < -0.39 is 11.7 Å². The number of benzene rings is 1. The molecule has 0 atom stereocenters. The number of carbonyl (C=O) groups excluding carboxylic acids is 2. The van der Waals surface area contributed by atoms with Crippen LogP contribution in [0.5, 0.6) is 0 Å². The van der Waals surface area contributed by atoms with E-state index in [1.807, 2.05) is 7.05 Å². The van der Waals surface area contributed by atoms with Gasteiger partial charge in [0.25, 0.3) is 11.7 Å². The quantitative estimate of drug-likeness (QED) is 0.680. The summed E-state index contributed by atoms with van der Waals surface area (Å²) in [5, 5.41) is 1.32. The number of piperazine rings is 1. The molecule has 0 bridgehead atoms. The van der Waals surface area contributed by atoms with E-state index in [2.05, 4.69) is 9.88 Å². The molecule has 1 fully saturated rings. The zero-order chi connectivity index (χ0) is 15.0. The van der Waals surface area contributed by atoms with E-state index in [-0.39, 0.29) is 0 Å². The van der Waals surface area contributed by atoms with E-state index >= 15 is 0 Å². The second kappa shape index (κ2) is 5.50. The molecular weight excluding hydrogens is 290 g/mol. The first-order valence-electron chi connectivity index (χ1n) is 6.85. The van der Waals surface area contributed by atoms with Crippen LogP contribution >= 0.6 is 11.6 Å². The third-order valence-corrected chi connectivity index (χ3v) is 4.11. The van der Waals surface area contributed by atoms with Crippen LogP contribution in [0.2, 0.25) is 5.02 Å². The van der Waals surface area contributed by atoms with Crippen molar-refractivity contribution in [3.8, 4) is 0 Å². The molecule has 3 rings (SSSR count). The Morgan fingerprint density at radius 2 is 1.90 bits per heavy atom. The fourth-order valence-electron chi connectivity index (χ4n) is 2.55. The summed E-state index contributed by atoms with van der Waals surface area (Å²) in [7, 11) is 2.01. The van der Waals surface area contributed by atoms with Gasteiger partial charge in [-0.25, -0.2) is 0 Å². The van der Waals surface area contributed by atoms with Crippen molar-refractivity contribution in [3.05, 3.63) is 35.0 Å². The van der Waals surface area contributed by atoms with Gasteiger partial charge in [0.05, 0.1) is 5.56 Å². The number of fused-ring (bicyclic) bond motifs is 1. The van der Waals surface area contributed by atoms with Gasteiger partial charge >= 0.3 is 0 Å². The van der Waals surface area contributed by atoms with Crippen LogP contribution in [0.1, 0.15) is 10.4 Å². The van der Waals surface area contributed by atoms with E-state index in [0.717, 1.165) is 24.0 Å². The highest BCUT2D eigenvalue weighted by molar-refractivity contribution is 6.45. The topological polar surface area (TPSA) is 56.4 Å². The Hall–Kier alpha value is -1.85. The lowest BCUT2D eigenvalue weighted by Gasteiger charge is -2.31. The molecule has 1 aliphatic rings. The summed E-state index contributed by atoms with van der Waals surface area (Å²) in [6.45, 7) is 2.77. The van der Waals surface area contributed by atoms with Crippen molar-refractivity contribution in [2.24, 2.45) is 0 Å². The number of ketones is 1. The third kappa shape index (κ3) is 2.66. The molecule has 0 radical (unpaired) electrons. The van der Waals surface area contributed by atoms with Gasteiger partial charge in [0.1, 0.15) is 0 Å². The highest BCUT2D eigenvalue weighted by atomic mass is 35.5. The van der Waals surface area contributed by atoms with Crippen LogP contribution in [0.3, 0.4) is 0 Å². The van der Waals surface area contributed by atoms with Crippen molar-refractivity contribution < 1.29 is 9.59 Å². The molecule has 110 valence electrons. The number of aromatic amines is 1. The van der Waals surface area contributed by atoms with E-state index in [1.54, 1.807) is 29.3 Å². The normalized spacial score (nSPS) is 16.4. The molecule has 0 saturated carbocycles. The van der Waals surface area contributed by atoms with Gasteiger partial charge in [-0.1, -0.05) is 17.7 Å². The van der Waals surface area contributed by atoms with Gasteiger partial charge in [-0.15, -0.1) is 0 Å². The summed E-state index contributed by atoms with van der Waals surface area (Å²) in [6.07, 6.45) is 1.58. The second-order valence-corrected chi connectivity index (χ2v) is 5.75. The predicted octanol–water partition coefficient (Wildman–Crippen LogP) is 1.78. The molecule has 1 aliphatic heterocycles. The van der Waals surface area contributed by atoms with Gasteiger partial charge in [0, 0.05) is 48.3 Å². The fraction of sp³-hybridized carbons (Fsp3) is 0.333. The van der Waals surface area contributed by atoms with E-state index in [9.17, 15) is 9.59 Å². The first-order chi connectivity index (χ1) is 10.1. The van der Waals surface area contributed by atoms with Crippen molar-refractivity contribution in [3.63, 3.8) is 0 Å². The van der Waals surface area contributed by atoms with Gasteiger partial charge in [0.2, 0.25) is 0 Å². The van der Waals surface area contributed by atoms with Crippen LogP contribution in [-0.2, 0) is 4.79 Å². The van der Waals surface area contributed by atoms with Crippen LogP contribution in [0.4, 0.5) is 0 Å². The summed E-state index contributed by atoms with van der Waals surface area (Å²) < 4.78 is 0. The Kier molecular flexibility index (Phi) is 3.69. The first-order valence-corrected chi connectivity index (χ1v) is 7.23. The first kappa shape index (κ1) is 14.1. The molecule has 21 heavy (non-hydrogen) atoms. The van der Waals surface area contributed by atoms with Gasteiger partial charge in [-0.3, -0.25) is 9.59 Å². The number of halogens is 1. The maximum Gasteiger partial charge on any atom is 0.295 e. The minimum absolute atomic E-state index is 0.408. The number of Topliss-reactive ketones (excluding diaryl/α,β-unsaturated/α-hetero) is 1. The third-order valence-electron chi connectivity index (χ3n) is 3.87. The van der Waals surface area contributed by atoms with Crippen molar-refractivity contribution in [2.45, 2.75) is 0 Å². The Labute approximate surface area is 127 Å². The van der Waals surface area contributed by atoms with Crippen LogP contribution < -0.4 is 0 Å². The number of carbonyl (C=O) groups is 2. The largest absolute Gasteiger partial charge is 0.360 e. The second-order valence-electron chi connectivity index (χ2n) is 5.32. The molecule has 5 nitrogen and oxygen atoms in total. The number of aromatic nitrogens is 1. The lowest BCUT2D eigenvalue weighted by atomic mass is 10.1. The lowest BCUT2D eigenvalue weighted by molar-refractivity contribution is -0.127. The number of amides is 1. The SMILES string of the molecule is CN1CCN(C(=O)C(=O)c2c[nH]c3cc(Cl)ccc23)CC1. The monoisotopic (exact) mass is 305 g/mol. The molecule has 1 N–H and O–H groups in total. The lowest BCUT2D eigenvalue weighted by Crippen LogP contribution is -2.49. The van der Waals surface area contributed by atoms with Gasteiger partial charge in [0.15, 0.2) is 0 Å². The van der Waals surface area contributed by atoms with Crippen LogP contribution in [-0.4, -0.2) is 59.7 Å². The van der Waals surface area contributed by atoms with Crippen LogP contribution in [0.25, 0.3) is 10.9 Å². The van der Waals surface area contributed by atoms with Crippen molar-refractivity contribution in [1.82, 2.24) is 14.8 Å². The zero-order valence-electron chi connectivity index (χ0n) is 11.7. The molecule has 2 aromatic rings. The van der Waals surface area contributed by atoms with Crippen LogP contribution in [0.15, 0.2) is 24.4 Å². The minimum atomic E-state index is -0.465. The van der Waals surface area contributed by atoms with Gasteiger partial charge in [-0.05, 0) is 19.2 Å². The van der Waals surface area contributed by atoms with E-state index in [4.69, 9.17) is 11.6 Å². The highest BCUT2D eigenvalue weighted by Gasteiger charge is 2.27.